The van der Waals surface area contributed by atoms with E-state index in [0.717, 1.165) is 19.6 Å². The molecule has 0 aliphatic heterocycles. The maximum atomic E-state index is 2.51. The van der Waals surface area contributed by atoms with Crippen LogP contribution in [0, 0.1) is 12.3 Å². The number of hydrogen-bond acceptors (Lipinski definition) is 1. The first-order valence-electron chi connectivity index (χ1n) is 10.5. The molecule has 2 rings (SSSR count). The molecule has 1 heteroatoms. The minimum Gasteiger partial charge on any atom is -0.300 e. The highest BCUT2D eigenvalue weighted by atomic mass is 15.1. The Bertz CT molecular complexity index is 731. The van der Waals surface area contributed by atoms with Gasteiger partial charge in [0, 0.05) is 6.54 Å². The lowest BCUT2D eigenvalue weighted by Gasteiger charge is -2.34. The molecule has 0 heterocycles. The molecule has 27 heavy (non-hydrogen) atoms. The maximum Gasteiger partial charge on any atom is 0.0236 e. The average Bonchev–Trinajstić information content (AvgIpc) is 2.59. The van der Waals surface area contributed by atoms with Gasteiger partial charge in [-0.3, -0.25) is 4.90 Å². The Kier molecular flexibility index (Phi) is 6.92. The van der Waals surface area contributed by atoms with Crippen molar-refractivity contribution < 1.29 is 0 Å². The van der Waals surface area contributed by atoms with Gasteiger partial charge < -0.3 is 0 Å². The van der Waals surface area contributed by atoms with E-state index in [1.165, 1.54) is 34.2 Å². The predicted octanol–water partition coefficient (Wildman–Crippen LogP) is 7.22. The molecule has 0 spiro atoms. The van der Waals surface area contributed by atoms with Crippen LogP contribution in [0.25, 0.3) is 11.1 Å². The van der Waals surface area contributed by atoms with E-state index in [1.54, 1.807) is 0 Å². The third-order valence-corrected chi connectivity index (χ3v) is 5.64. The number of rotatable bonds is 7. The molecule has 2 aromatic carbocycles. The monoisotopic (exact) mass is 365 g/mol. The summed E-state index contributed by atoms with van der Waals surface area (Å²) in [6.07, 6.45) is 1.17. The summed E-state index contributed by atoms with van der Waals surface area (Å²) in [5.74, 6) is 0. The Balaban J connectivity index is 2.60. The van der Waals surface area contributed by atoms with Crippen LogP contribution < -0.4 is 0 Å². The van der Waals surface area contributed by atoms with Crippen LogP contribution in [0.15, 0.2) is 42.5 Å². The van der Waals surface area contributed by atoms with Crippen molar-refractivity contribution in [3.8, 4) is 11.1 Å². The van der Waals surface area contributed by atoms with Crippen LogP contribution in [0.5, 0.6) is 0 Å². The molecule has 0 saturated carbocycles. The molecular weight excluding hydrogens is 326 g/mol. The minimum absolute atomic E-state index is 0.146. The zero-order valence-corrected chi connectivity index (χ0v) is 18.8. The molecule has 0 fully saturated rings. The SMILES string of the molecule is CCN(CC)Cc1cc(C(C)(C)CC(C)(C)C)cc(-c2ccccc2)c1C. The van der Waals surface area contributed by atoms with Gasteiger partial charge >= 0.3 is 0 Å². The van der Waals surface area contributed by atoms with Crippen LogP contribution in [-0.2, 0) is 12.0 Å². The summed E-state index contributed by atoms with van der Waals surface area (Å²) in [5.41, 5.74) is 7.51. The topological polar surface area (TPSA) is 3.24 Å². The fraction of sp³-hybridized carbons (Fsp3) is 0.538. The van der Waals surface area contributed by atoms with Crippen molar-refractivity contribution in [3.63, 3.8) is 0 Å². The normalized spacial score (nSPS) is 12.6. The van der Waals surface area contributed by atoms with E-state index >= 15 is 0 Å². The van der Waals surface area contributed by atoms with Gasteiger partial charge in [-0.15, -0.1) is 0 Å². The van der Waals surface area contributed by atoms with Crippen molar-refractivity contribution in [2.75, 3.05) is 13.1 Å². The second kappa shape index (κ2) is 8.61. The van der Waals surface area contributed by atoms with Gasteiger partial charge in [-0.05, 0) is 65.1 Å². The van der Waals surface area contributed by atoms with Gasteiger partial charge in [0.05, 0.1) is 0 Å². The zero-order valence-electron chi connectivity index (χ0n) is 18.8. The molecule has 0 aliphatic carbocycles. The molecule has 1 nitrogen and oxygen atoms in total. The summed E-state index contributed by atoms with van der Waals surface area (Å²) in [4.78, 5) is 2.51. The maximum absolute atomic E-state index is 2.51. The first kappa shape index (κ1) is 21.7. The van der Waals surface area contributed by atoms with Gasteiger partial charge in [0.15, 0.2) is 0 Å². The lowest BCUT2D eigenvalue weighted by Crippen LogP contribution is -2.26. The third kappa shape index (κ3) is 5.69. The van der Waals surface area contributed by atoms with Crippen LogP contribution in [0.3, 0.4) is 0 Å². The summed E-state index contributed by atoms with van der Waals surface area (Å²) >= 11 is 0. The quantitative estimate of drug-likeness (QED) is 0.500. The molecule has 0 radical (unpaired) electrons. The summed E-state index contributed by atoms with van der Waals surface area (Å²) < 4.78 is 0. The Morgan fingerprint density at radius 3 is 1.96 bits per heavy atom. The van der Waals surface area contributed by atoms with E-state index in [0.29, 0.717) is 5.41 Å². The van der Waals surface area contributed by atoms with E-state index < -0.39 is 0 Å². The van der Waals surface area contributed by atoms with Crippen molar-refractivity contribution in [1.82, 2.24) is 4.90 Å². The molecule has 0 amide bonds. The zero-order chi connectivity index (χ0) is 20.2. The van der Waals surface area contributed by atoms with Gasteiger partial charge in [0.25, 0.3) is 0 Å². The number of benzene rings is 2. The molecule has 0 aliphatic rings. The molecule has 148 valence electrons. The summed E-state index contributed by atoms with van der Waals surface area (Å²) in [7, 11) is 0. The highest BCUT2D eigenvalue weighted by Crippen LogP contribution is 2.39. The summed E-state index contributed by atoms with van der Waals surface area (Å²) in [6.45, 7) is 21.8. The third-order valence-electron chi connectivity index (χ3n) is 5.64. The van der Waals surface area contributed by atoms with E-state index in [4.69, 9.17) is 0 Å². The molecule has 2 aromatic rings. The fourth-order valence-electron chi connectivity index (χ4n) is 4.36. The second-order valence-electron chi connectivity index (χ2n) is 9.76. The van der Waals surface area contributed by atoms with Crippen LogP contribution >= 0.6 is 0 Å². The first-order chi connectivity index (χ1) is 12.6. The Hall–Kier alpha value is -1.60. The average molecular weight is 366 g/mol. The lowest BCUT2D eigenvalue weighted by atomic mass is 9.71. The van der Waals surface area contributed by atoms with Crippen LogP contribution in [-0.4, -0.2) is 18.0 Å². The van der Waals surface area contributed by atoms with E-state index in [-0.39, 0.29) is 5.41 Å². The molecule has 0 bridgehead atoms. The summed E-state index contributed by atoms with van der Waals surface area (Å²) in [5, 5.41) is 0. The molecule has 0 atom stereocenters. The van der Waals surface area contributed by atoms with Crippen molar-refractivity contribution in [2.24, 2.45) is 5.41 Å². The van der Waals surface area contributed by atoms with Gasteiger partial charge in [-0.1, -0.05) is 90.9 Å². The number of hydrogen-bond donors (Lipinski definition) is 0. The van der Waals surface area contributed by atoms with Crippen LogP contribution in [0.1, 0.15) is 71.6 Å². The van der Waals surface area contributed by atoms with Crippen molar-refractivity contribution in [3.05, 3.63) is 59.2 Å². The Morgan fingerprint density at radius 1 is 0.852 bits per heavy atom. The predicted molar refractivity (Wildman–Crippen MR) is 120 cm³/mol. The van der Waals surface area contributed by atoms with Crippen LogP contribution in [0.4, 0.5) is 0 Å². The highest BCUT2D eigenvalue weighted by molar-refractivity contribution is 5.70. The van der Waals surface area contributed by atoms with Crippen molar-refractivity contribution in [2.45, 2.75) is 73.8 Å². The first-order valence-corrected chi connectivity index (χ1v) is 10.5. The molecule has 0 unspecified atom stereocenters. The van der Waals surface area contributed by atoms with Gasteiger partial charge in [0.2, 0.25) is 0 Å². The minimum atomic E-state index is 0.146. The highest BCUT2D eigenvalue weighted by Gasteiger charge is 2.28. The Labute approximate surface area is 167 Å². The van der Waals surface area contributed by atoms with E-state index in [1.807, 2.05) is 0 Å². The Morgan fingerprint density at radius 2 is 1.44 bits per heavy atom. The van der Waals surface area contributed by atoms with E-state index in [9.17, 15) is 0 Å². The lowest BCUT2D eigenvalue weighted by molar-refractivity contribution is 0.282. The summed E-state index contributed by atoms with van der Waals surface area (Å²) in [6, 6.07) is 15.8. The van der Waals surface area contributed by atoms with Crippen LogP contribution in [0.2, 0.25) is 0 Å². The standard InChI is InChI=1S/C26H39N/c1-9-27(10-2)18-22-16-23(26(7,8)19-25(4,5)6)17-24(20(22)3)21-14-12-11-13-15-21/h11-17H,9-10,18-19H2,1-8H3. The van der Waals surface area contributed by atoms with Gasteiger partial charge in [-0.2, -0.15) is 0 Å². The molecule has 0 saturated heterocycles. The van der Waals surface area contributed by atoms with Gasteiger partial charge in [-0.25, -0.2) is 0 Å². The van der Waals surface area contributed by atoms with Gasteiger partial charge in [0.1, 0.15) is 0 Å². The second-order valence-corrected chi connectivity index (χ2v) is 9.76. The number of nitrogens with zero attached hydrogens (tertiary/aromatic N) is 1. The molecule has 0 N–H and O–H groups in total. The van der Waals surface area contributed by atoms with Crippen molar-refractivity contribution in [1.29, 1.82) is 0 Å². The van der Waals surface area contributed by atoms with E-state index in [2.05, 4.69) is 103 Å². The molecular formula is C26H39N. The largest absolute Gasteiger partial charge is 0.300 e. The van der Waals surface area contributed by atoms with Crippen molar-refractivity contribution >= 4 is 0 Å². The smallest absolute Gasteiger partial charge is 0.0236 e. The molecule has 0 aromatic heterocycles. The fourth-order valence-corrected chi connectivity index (χ4v) is 4.36.